The first kappa shape index (κ1) is 26.4. The van der Waals surface area contributed by atoms with Crippen LogP contribution in [0.15, 0.2) is 59.7 Å². The van der Waals surface area contributed by atoms with E-state index in [9.17, 15) is 0 Å². The lowest BCUT2D eigenvalue weighted by Gasteiger charge is -2.36. The van der Waals surface area contributed by atoms with Crippen LogP contribution in [0, 0.1) is 0 Å². The Bertz CT molecular complexity index is 913. The number of ether oxygens (including phenoxy) is 1. The Balaban J connectivity index is 0.00000324. The van der Waals surface area contributed by atoms with Crippen molar-refractivity contribution >= 4 is 41.8 Å². The number of rotatable bonds is 6. The number of halogens is 1. The monoisotopic (exact) mass is 576 g/mol. The van der Waals surface area contributed by atoms with Gasteiger partial charge in [0, 0.05) is 65.6 Å². The number of anilines is 1. The van der Waals surface area contributed by atoms with Crippen molar-refractivity contribution in [3.8, 4) is 0 Å². The molecule has 34 heavy (non-hydrogen) atoms. The van der Waals surface area contributed by atoms with Crippen molar-refractivity contribution in [2.24, 2.45) is 4.99 Å². The summed E-state index contributed by atoms with van der Waals surface area (Å²) in [5.74, 6) is 1.98. The molecule has 2 aromatic rings. The molecule has 0 bridgehead atoms. The summed E-state index contributed by atoms with van der Waals surface area (Å²) in [6, 6.07) is 14.7. The molecule has 0 amide bonds. The number of morpholine rings is 1. The first-order valence-corrected chi connectivity index (χ1v) is 11.9. The average molecular weight is 577 g/mol. The summed E-state index contributed by atoms with van der Waals surface area (Å²) in [6.07, 6.45) is 6.68. The first-order chi connectivity index (χ1) is 16.2. The van der Waals surface area contributed by atoms with Crippen LogP contribution in [0.2, 0.25) is 0 Å². The van der Waals surface area contributed by atoms with Gasteiger partial charge >= 0.3 is 0 Å². The Morgan fingerprint density at radius 1 is 1.12 bits per heavy atom. The van der Waals surface area contributed by atoms with Gasteiger partial charge in [0.1, 0.15) is 5.82 Å². The first-order valence-electron chi connectivity index (χ1n) is 11.9. The fourth-order valence-electron chi connectivity index (χ4n) is 4.29. The van der Waals surface area contributed by atoms with Gasteiger partial charge in [-0.1, -0.05) is 48.6 Å². The van der Waals surface area contributed by atoms with Crippen LogP contribution < -0.4 is 10.2 Å². The highest BCUT2D eigenvalue weighted by molar-refractivity contribution is 14.0. The highest BCUT2D eigenvalue weighted by atomic mass is 127. The van der Waals surface area contributed by atoms with Crippen molar-refractivity contribution in [3.63, 3.8) is 0 Å². The Morgan fingerprint density at radius 3 is 2.59 bits per heavy atom. The number of hydrogen-bond acceptors (Lipinski definition) is 5. The Morgan fingerprint density at radius 2 is 1.91 bits per heavy atom. The smallest absolute Gasteiger partial charge is 0.194 e. The van der Waals surface area contributed by atoms with Gasteiger partial charge < -0.3 is 19.9 Å². The summed E-state index contributed by atoms with van der Waals surface area (Å²) in [7, 11) is 1.86. The van der Waals surface area contributed by atoms with E-state index in [-0.39, 0.29) is 30.1 Å². The zero-order chi connectivity index (χ0) is 22.9. The Hall–Kier alpha value is -2.17. The number of pyridine rings is 1. The number of guanidine groups is 1. The van der Waals surface area contributed by atoms with E-state index in [4.69, 9.17) is 4.74 Å². The topological polar surface area (TPSA) is 56.2 Å². The van der Waals surface area contributed by atoms with Crippen molar-refractivity contribution < 1.29 is 4.74 Å². The molecule has 0 aliphatic carbocycles. The van der Waals surface area contributed by atoms with Crippen molar-refractivity contribution in [1.82, 2.24) is 20.1 Å². The van der Waals surface area contributed by atoms with Gasteiger partial charge in [-0.25, -0.2) is 4.98 Å². The van der Waals surface area contributed by atoms with Crippen LogP contribution in [-0.4, -0.2) is 86.3 Å². The zero-order valence-electron chi connectivity index (χ0n) is 20.3. The second-order valence-electron chi connectivity index (χ2n) is 8.65. The van der Waals surface area contributed by atoms with E-state index in [1.165, 1.54) is 5.56 Å². The van der Waals surface area contributed by atoms with Gasteiger partial charge in [-0.2, -0.15) is 0 Å². The quantitative estimate of drug-likeness (QED) is 0.324. The van der Waals surface area contributed by atoms with E-state index in [0.717, 1.165) is 76.3 Å². The molecule has 8 heteroatoms. The normalized spacial score (nSPS) is 19.8. The van der Waals surface area contributed by atoms with Crippen molar-refractivity contribution in [3.05, 3.63) is 65.9 Å². The maximum Gasteiger partial charge on any atom is 0.194 e. The summed E-state index contributed by atoms with van der Waals surface area (Å²) < 4.78 is 5.63. The largest absolute Gasteiger partial charge is 0.375 e. The van der Waals surface area contributed by atoms with Gasteiger partial charge in [-0.05, 0) is 24.1 Å². The summed E-state index contributed by atoms with van der Waals surface area (Å²) >= 11 is 0. The molecule has 0 saturated carbocycles. The van der Waals surface area contributed by atoms with E-state index in [2.05, 4.69) is 91.5 Å². The number of aromatic nitrogens is 1. The second kappa shape index (κ2) is 13.7. The van der Waals surface area contributed by atoms with Gasteiger partial charge in [0.05, 0.1) is 12.7 Å². The number of piperazine rings is 1. The lowest BCUT2D eigenvalue weighted by molar-refractivity contribution is 0.0529. The molecule has 2 aliphatic rings. The Labute approximate surface area is 220 Å². The minimum absolute atomic E-state index is 0. The van der Waals surface area contributed by atoms with Crippen molar-refractivity contribution in [2.45, 2.75) is 19.6 Å². The van der Waals surface area contributed by atoms with E-state index in [1.807, 2.05) is 13.2 Å². The van der Waals surface area contributed by atoms with Crippen LogP contribution in [0.3, 0.4) is 0 Å². The van der Waals surface area contributed by atoms with Crippen LogP contribution in [0.4, 0.5) is 5.82 Å². The third kappa shape index (κ3) is 7.68. The predicted molar refractivity (Wildman–Crippen MR) is 151 cm³/mol. The van der Waals surface area contributed by atoms with Gasteiger partial charge in [-0.15, -0.1) is 24.0 Å². The fraction of sp³-hybridized carbons (Fsp3) is 0.462. The highest BCUT2D eigenvalue weighted by Gasteiger charge is 2.19. The zero-order valence-corrected chi connectivity index (χ0v) is 22.6. The molecule has 2 fully saturated rings. The molecule has 1 aromatic carbocycles. The molecule has 2 saturated heterocycles. The third-order valence-electron chi connectivity index (χ3n) is 6.18. The van der Waals surface area contributed by atoms with E-state index in [1.54, 1.807) is 0 Å². The molecule has 0 radical (unpaired) electrons. The summed E-state index contributed by atoms with van der Waals surface area (Å²) in [4.78, 5) is 16.3. The molecule has 1 aromatic heterocycles. The molecule has 1 atom stereocenters. The van der Waals surface area contributed by atoms with Crippen LogP contribution in [0.5, 0.6) is 0 Å². The van der Waals surface area contributed by atoms with E-state index < -0.39 is 0 Å². The number of hydrogen-bond donors (Lipinski definition) is 1. The molecule has 184 valence electrons. The highest BCUT2D eigenvalue weighted by Crippen LogP contribution is 2.15. The minimum Gasteiger partial charge on any atom is -0.375 e. The molecule has 0 spiro atoms. The number of nitrogens with one attached hydrogen (secondary N) is 1. The summed E-state index contributed by atoms with van der Waals surface area (Å²) in [5.41, 5.74) is 2.41. The number of benzene rings is 1. The lowest BCUT2D eigenvalue weighted by Crippen LogP contribution is -2.52. The van der Waals surface area contributed by atoms with Gasteiger partial charge in [-0.3, -0.25) is 9.89 Å². The summed E-state index contributed by atoms with van der Waals surface area (Å²) in [5, 5.41) is 3.51. The molecular weight excluding hydrogens is 539 g/mol. The van der Waals surface area contributed by atoms with Gasteiger partial charge in [0.15, 0.2) is 5.96 Å². The van der Waals surface area contributed by atoms with Crippen LogP contribution in [0.1, 0.15) is 18.1 Å². The molecule has 3 heterocycles. The molecule has 1 N–H and O–H groups in total. The van der Waals surface area contributed by atoms with E-state index >= 15 is 0 Å². The third-order valence-corrected chi connectivity index (χ3v) is 6.18. The molecule has 2 aliphatic heterocycles. The van der Waals surface area contributed by atoms with Crippen LogP contribution in [-0.2, 0) is 11.3 Å². The van der Waals surface area contributed by atoms with Crippen molar-refractivity contribution in [2.75, 3.05) is 64.4 Å². The summed E-state index contributed by atoms with van der Waals surface area (Å²) in [6.45, 7) is 10.4. The molecule has 7 nitrogen and oxygen atoms in total. The molecular formula is C26H37IN6O. The lowest BCUT2D eigenvalue weighted by atomic mass is 10.2. The molecule has 4 rings (SSSR count). The standard InChI is InChI=1S/C26H36N6O.HI/c1-22-21-32(17-18-33-22)25-11-10-24(19-28-25)20-29-26(27-2)31-15-13-30(14-16-31)12-6-9-23-7-4-3-5-8-23;/h3-11,19,22H,12-18,20-21H2,1-2H3,(H,27,29);1H/b9-6+;. The second-order valence-corrected chi connectivity index (χ2v) is 8.65. The van der Waals surface area contributed by atoms with Gasteiger partial charge in [0.2, 0.25) is 0 Å². The SMILES string of the molecule is CN=C(NCc1ccc(N2CCOC(C)C2)nc1)N1CCN(C/C=C/c2ccccc2)CC1.I. The maximum atomic E-state index is 5.63. The van der Waals surface area contributed by atoms with Gasteiger partial charge in [0.25, 0.3) is 0 Å². The predicted octanol–water partition coefficient (Wildman–Crippen LogP) is 3.33. The average Bonchev–Trinajstić information content (AvgIpc) is 2.86. The molecule has 1 unspecified atom stereocenters. The maximum absolute atomic E-state index is 5.63. The minimum atomic E-state index is 0. The number of nitrogens with zero attached hydrogens (tertiary/aromatic N) is 5. The van der Waals surface area contributed by atoms with Crippen LogP contribution >= 0.6 is 24.0 Å². The van der Waals surface area contributed by atoms with Crippen LogP contribution in [0.25, 0.3) is 6.08 Å². The number of aliphatic imine (C=N–C) groups is 1. The Kier molecular flexibility index (Phi) is 10.6. The fourth-order valence-corrected chi connectivity index (χ4v) is 4.29. The van der Waals surface area contributed by atoms with Crippen molar-refractivity contribution in [1.29, 1.82) is 0 Å². The van der Waals surface area contributed by atoms with E-state index in [0.29, 0.717) is 0 Å².